The lowest BCUT2D eigenvalue weighted by Gasteiger charge is -2.36. The molecule has 0 spiro atoms. The van der Waals surface area contributed by atoms with Crippen LogP contribution in [0.5, 0.6) is 5.75 Å². The van der Waals surface area contributed by atoms with E-state index in [0.717, 1.165) is 49.9 Å². The predicted octanol–water partition coefficient (Wildman–Crippen LogP) is 3.82. The summed E-state index contributed by atoms with van der Waals surface area (Å²) in [5.41, 5.74) is 6.26. The van der Waals surface area contributed by atoms with E-state index < -0.39 is 0 Å². The van der Waals surface area contributed by atoms with E-state index in [1.54, 1.807) is 7.11 Å². The minimum absolute atomic E-state index is 0.825. The van der Waals surface area contributed by atoms with Gasteiger partial charge in [0.1, 0.15) is 5.75 Å². The summed E-state index contributed by atoms with van der Waals surface area (Å²) in [5, 5.41) is 0. The smallest absolute Gasteiger partial charge is 0.119 e. The molecule has 0 amide bonds. The number of rotatable bonds is 4. The van der Waals surface area contributed by atoms with Gasteiger partial charge in [-0.25, -0.2) is 0 Å². The third-order valence-corrected chi connectivity index (χ3v) is 5.60. The molecule has 0 unspecified atom stereocenters. The van der Waals surface area contributed by atoms with Crippen LogP contribution in [0.2, 0.25) is 0 Å². The number of benzene rings is 2. The lowest BCUT2D eigenvalue weighted by Crippen LogP contribution is -2.40. The molecular weight excluding hydrogens is 348 g/mol. The Labute approximate surface area is 165 Å². The topological polar surface area (TPSA) is 31.3 Å². The molecule has 3 heterocycles. The number of allylic oxidation sites excluding steroid dienone is 1. The van der Waals surface area contributed by atoms with Crippen molar-refractivity contribution in [2.24, 2.45) is 4.99 Å². The number of nitrogens with zero attached hydrogens (tertiary/aromatic N) is 4. The van der Waals surface area contributed by atoms with Gasteiger partial charge in [-0.15, -0.1) is 0 Å². The molecule has 3 aliphatic rings. The number of hydrogen-bond acceptors (Lipinski definition) is 5. The molecule has 5 heteroatoms. The maximum atomic E-state index is 5.28. The Bertz CT molecular complexity index is 946. The second-order valence-electron chi connectivity index (χ2n) is 7.39. The van der Waals surface area contributed by atoms with Gasteiger partial charge in [0.2, 0.25) is 0 Å². The number of anilines is 1. The zero-order valence-electron chi connectivity index (χ0n) is 16.1. The van der Waals surface area contributed by atoms with E-state index >= 15 is 0 Å². The first-order valence-electron chi connectivity index (χ1n) is 9.72. The summed E-state index contributed by atoms with van der Waals surface area (Å²) in [6, 6.07) is 18.9. The lowest BCUT2D eigenvalue weighted by molar-refractivity contribution is 0.245. The van der Waals surface area contributed by atoms with Crippen LogP contribution in [0.15, 0.2) is 82.9 Å². The molecule has 3 aliphatic heterocycles. The molecule has 0 N–H and O–H groups in total. The predicted molar refractivity (Wildman–Crippen MR) is 112 cm³/mol. The largest absolute Gasteiger partial charge is 0.497 e. The quantitative estimate of drug-likeness (QED) is 0.817. The van der Waals surface area contributed by atoms with Gasteiger partial charge in [0, 0.05) is 37.9 Å². The fraction of sp³-hybridized carbons (Fsp3) is 0.261. The molecule has 0 radical (unpaired) electrons. The van der Waals surface area contributed by atoms with Crippen molar-refractivity contribution in [1.29, 1.82) is 0 Å². The van der Waals surface area contributed by atoms with Gasteiger partial charge in [-0.2, -0.15) is 0 Å². The summed E-state index contributed by atoms with van der Waals surface area (Å²) in [4.78, 5) is 12.0. The van der Waals surface area contributed by atoms with Crippen LogP contribution >= 0.6 is 0 Å². The molecule has 0 aliphatic carbocycles. The highest BCUT2D eigenvalue weighted by molar-refractivity contribution is 5.83. The first kappa shape index (κ1) is 17.1. The molecule has 5 rings (SSSR count). The molecule has 0 bridgehead atoms. The molecule has 142 valence electrons. The summed E-state index contributed by atoms with van der Waals surface area (Å²) < 4.78 is 5.28. The molecule has 2 aromatic rings. The molecule has 0 aromatic heterocycles. The Morgan fingerprint density at radius 3 is 2.64 bits per heavy atom. The van der Waals surface area contributed by atoms with Gasteiger partial charge in [-0.3, -0.25) is 9.89 Å². The van der Waals surface area contributed by atoms with Crippen molar-refractivity contribution in [2.45, 2.75) is 13.0 Å². The molecule has 0 atom stereocenters. The van der Waals surface area contributed by atoms with Gasteiger partial charge in [0.25, 0.3) is 0 Å². The molecule has 0 fully saturated rings. The molecule has 28 heavy (non-hydrogen) atoms. The number of fused-ring (bicyclic) bond motifs is 2. The summed E-state index contributed by atoms with van der Waals surface area (Å²) >= 11 is 0. The maximum absolute atomic E-state index is 5.28. The number of hydrogen-bond donors (Lipinski definition) is 0. The Morgan fingerprint density at radius 1 is 1.04 bits per heavy atom. The third-order valence-electron chi connectivity index (χ3n) is 5.60. The highest BCUT2D eigenvalue weighted by Gasteiger charge is 2.31. The number of aliphatic imine (C=N–C) groups is 1. The van der Waals surface area contributed by atoms with Crippen LogP contribution in [-0.2, 0) is 6.54 Å². The Hall–Kier alpha value is -3.05. The van der Waals surface area contributed by atoms with Gasteiger partial charge in [0.15, 0.2) is 0 Å². The second kappa shape index (κ2) is 7.17. The summed E-state index contributed by atoms with van der Waals surface area (Å²) in [5.74, 6) is 0.878. The number of ether oxygens (including phenoxy) is 1. The van der Waals surface area contributed by atoms with Crippen LogP contribution in [0.25, 0.3) is 0 Å². The normalized spacial score (nSPS) is 18.8. The Balaban J connectivity index is 1.33. The van der Waals surface area contributed by atoms with Crippen molar-refractivity contribution in [3.8, 4) is 5.75 Å². The zero-order chi connectivity index (χ0) is 18.9. The highest BCUT2D eigenvalue weighted by atomic mass is 16.5. The minimum atomic E-state index is 0.825. The van der Waals surface area contributed by atoms with Crippen molar-refractivity contribution < 1.29 is 4.74 Å². The van der Waals surface area contributed by atoms with E-state index in [-0.39, 0.29) is 0 Å². The van der Waals surface area contributed by atoms with Crippen LogP contribution in [-0.4, -0.2) is 42.9 Å². The van der Waals surface area contributed by atoms with E-state index in [9.17, 15) is 0 Å². The van der Waals surface area contributed by atoms with Gasteiger partial charge < -0.3 is 14.5 Å². The maximum Gasteiger partial charge on any atom is 0.119 e. The van der Waals surface area contributed by atoms with E-state index in [2.05, 4.69) is 63.4 Å². The SMILES string of the molecule is COc1ccc(N2C=C3C=NC4=C(CN(Cc5ccccc5)CC4)N3C2)cc1. The molecular formula is C23H24N4O. The van der Waals surface area contributed by atoms with Crippen molar-refractivity contribution >= 4 is 11.9 Å². The minimum Gasteiger partial charge on any atom is -0.497 e. The molecule has 5 nitrogen and oxygen atoms in total. The third kappa shape index (κ3) is 3.18. The fourth-order valence-corrected chi connectivity index (χ4v) is 4.07. The molecule has 0 saturated carbocycles. The van der Waals surface area contributed by atoms with E-state index in [0.29, 0.717) is 0 Å². The van der Waals surface area contributed by atoms with Crippen LogP contribution < -0.4 is 9.64 Å². The van der Waals surface area contributed by atoms with Crippen LogP contribution in [0.3, 0.4) is 0 Å². The summed E-state index contributed by atoms with van der Waals surface area (Å²) in [7, 11) is 1.70. The second-order valence-corrected chi connectivity index (χ2v) is 7.39. The first-order valence-corrected chi connectivity index (χ1v) is 9.72. The van der Waals surface area contributed by atoms with E-state index in [1.165, 1.54) is 17.0 Å². The lowest BCUT2D eigenvalue weighted by atomic mass is 10.1. The average molecular weight is 372 g/mol. The van der Waals surface area contributed by atoms with Crippen LogP contribution in [0.4, 0.5) is 5.69 Å². The van der Waals surface area contributed by atoms with Crippen molar-refractivity contribution in [1.82, 2.24) is 9.80 Å². The van der Waals surface area contributed by atoms with Gasteiger partial charge >= 0.3 is 0 Å². The van der Waals surface area contributed by atoms with Crippen molar-refractivity contribution in [2.75, 3.05) is 31.8 Å². The van der Waals surface area contributed by atoms with Crippen LogP contribution in [0, 0.1) is 0 Å². The monoisotopic (exact) mass is 372 g/mol. The summed E-state index contributed by atoms with van der Waals surface area (Å²) in [6.07, 6.45) is 5.20. The Kier molecular flexibility index (Phi) is 4.37. The fourth-order valence-electron chi connectivity index (χ4n) is 4.07. The first-order chi connectivity index (χ1) is 13.8. The standard InChI is InChI=1S/C23H24N4O/c1-28-21-9-7-19(8-10-21)26-15-20-13-24-22-11-12-25(16-23(22)27(20)17-26)14-18-5-3-2-4-6-18/h2-10,13,15H,11-12,14,16-17H2,1H3. The molecule has 2 aromatic carbocycles. The summed E-state index contributed by atoms with van der Waals surface area (Å²) in [6.45, 7) is 3.80. The highest BCUT2D eigenvalue weighted by Crippen LogP contribution is 2.34. The van der Waals surface area contributed by atoms with Crippen molar-refractivity contribution in [3.63, 3.8) is 0 Å². The van der Waals surface area contributed by atoms with Gasteiger partial charge in [-0.05, 0) is 29.8 Å². The average Bonchev–Trinajstić information content (AvgIpc) is 3.19. The zero-order valence-corrected chi connectivity index (χ0v) is 16.1. The Morgan fingerprint density at radius 2 is 1.86 bits per heavy atom. The van der Waals surface area contributed by atoms with Crippen molar-refractivity contribution in [3.05, 3.63) is 83.5 Å². The van der Waals surface area contributed by atoms with E-state index in [4.69, 9.17) is 9.73 Å². The van der Waals surface area contributed by atoms with Gasteiger partial charge in [-0.1, -0.05) is 30.3 Å². The van der Waals surface area contributed by atoms with E-state index in [1.807, 2.05) is 18.3 Å². The molecule has 0 saturated heterocycles. The van der Waals surface area contributed by atoms with Gasteiger partial charge in [0.05, 0.1) is 37.1 Å². The van der Waals surface area contributed by atoms with Crippen LogP contribution in [0.1, 0.15) is 12.0 Å². The number of methoxy groups -OCH3 is 1.